The Labute approximate surface area is 162 Å². The number of hydrogen-bond acceptors (Lipinski definition) is 7. The fourth-order valence-electron chi connectivity index (χ4n) is 3.05. The van der Waals surface area contributed by atoms with E-state index in [1.54, 1.807) is 0 Å². The lowest BCUT2D eigenvalue weighted by Crippen LogP contribution is -2.60. The number of rotatable bonds is 17. The van der Waals surface area contributed by atoms with E-state index in [0.29, 0.717) is 51.7 Å². The van der Waals surface area contributed by atoms with Crippen molar-refractivity contribution in [1.29, 1.82) is 0 Å². The second-order valence-corrected chi connectivity index (χ2v) is 11.2. The minimum absolute atomic E-state index is 0.508. The molecule has 0 atom stereocenters. The van der Waals surface area contributed by atoms with Crippen molar-refractivity contribution in [2.24, 2.45) is 5.73 Å². The third-order valence-corrected chi connectivity index (χ3v) is 10.7. The van der Waals surface area contributed by atoms with E-state index in [9.17, 15) is 0 Å². The lowest BCUT2D eigenvalue weighted by molar-refractivity contribution is 0.0549. The molecule has 0 aromatic rings. The SMILES string of the molecule is CCO[Si](CC(N)(CC)C[Si](OCC)(OCC)OCC)(OCC)OCC. The summed E-state index contributed by atoms with van der Waals surface area (Å²) in [4.78, 5) is 0. The largest absolute Gasteiger partial charge is 0.502 e. The fraction of sp³-hybridized carbons (Fsp3) is 1.00. The summed E-state index contributed by atoms with van der Waals surface area (Å²) >= 11 is 0. The molecular formula is C17H41NO6Si2. The van der Waals surface area contributed by atoms with Gasteiger partial charge in [-0.2, -0.15) is 0 Å². The Balaban J connectivity index is 5.65. The van der Waals surface area contributed by atoms with Crippen molar-refractivity contribution < 1.29 is 26.6 Å². The van der Waals surface area contributed by atoms with Crippen LogP contribution in [0.5, 0.6) is 0 Å². The van der Waals surface area contributed by atoms with Crippen molar-refractivity contribution >= 4 is 17.6 Å². The van der Waals surface area contributed by atoms with E-state index in [0.717, 1.165) is 6.42 Å². The van der Waals surface area contributed by atoms with E-state index >= 15 is 0 Å². The Morgan fingerprint density at radius 1 is 0.538 bits per heavy atom. The summed E-state index contributed by atoms with van der Waals surface area (Å²) in [7, 11) is -5.78. The normalized spacial score (nSPS) is 13.4. The second-order valence-electron chi connectivity index (χ2n) is 6.03. The fourth-order valence-corrected chi connectivity index (χ4v) is 9.53. The van der Waals surface area contributed by atoms with E-state index in [-0.39, 0.29) is 0 Å². The van der Waals surface area contributed by atoms with E-state index in [1.165, 1.54) is 0 Å². The topological polar surface area (TPSA) is 81.4 Å². The smallest absolute Gasteiger partial charge is 0.374 e. The molecule has 0 aromatic heterocycles. The first-order chi connectivity index (χ1) is 12.3. The van der Waals surface area contributed by atoms with Gasteiger partial charge in [0.05, 0.1) is 0 Å². The summed E-state index contributed by atoms with van der Waals surface area (Å²) in [5.74, 6) is 0. The summed E-state index contributed by atoms with van der Waals surface area (Å²) in [5, 5.41) is 0. The van der Waals surface area contributed by atoms with Gasteiger partial charge in [0.1, 0.15) is 0 Å². The van der Waals surface area contributed by atoms with Crippen molar-refractivity contribution in [2.45, 2.75) is 72.5 Å². The van der Waals surface area contributed by atoms with Crippen LogP contribution in [0.2, 0.25) is 12.1 Å². The minimum Gasteiger partial charge on any atom is -0.374 e. The average molecular weight is 412 g/mol. The van der Waals surface area contributed by atoms with Crippen LogP contribution in [0.25, 0.3) is 0 Å². The number of hydrogen-bond donors (Lipinski definition) is 1. The zero-order chi connectivity index (χ0) is 20.1. The summed E-state index contributed by atoms with van der Waals surface area (Å²) < 4.78 is 36.1. The van der Waals surface area contributed by atoms with Crippen LogP contribution >= 0.6 is 0 Å². The Kier molecular flexibility index (Phi) is 13.4. The molecule has 0 spiro atoms. The van der Waals surface area contributed by atoms with Gasteiger partial charge in [-0.25, -0.2) is 0 Å². The van der Waals surface area contributed by atoms with Gasteiger partial charge in [0.25, 0.3) is 0 Å². The minimum atomic E-state index is -2.89. The lowest BCUT2D eigenvalue weighted by Gasteiger charge is -2.40. The van der Waals surface area contributed by atoms with Crippen LogP contribution in [0.4, 0.5) is 0 Å². The molecule has 0 aliphatic carbocycles. The van der Waals surface area contributed by atoms with E-state index < -0.39 is 23.1 Å². The zero-order valence-corrected chi connectivity index (χ0v) is 19.9. The molecule has 26 heavy (non-hydrogen) atoms. The van der Waals surface area contributed by atoms with Crippen LogP contribution in [-0.4, -0.2) is 62.8 Å². The van der Waals surface area contributed by atoms with Crippen molar-refractivity contribution in [1.82, 2.24) is 0 Å². The summed E-state index contributed by atoms with van der Waals surface area (Å²) in [5.41, 5.74) is 6.23. The molecule has 0 fully saturated rings. The van der Waals surface area contributed by atoms with Gasteiger partial charge in [0, 0.05) is 57.3 Å². The van der Waals surface area contributed by atoms with Crippen LogP contribution in [0.1, 0.15) is 54.9 Å². The predicted molar refractivity (Wildman–Crippen MR) is 108 cm³/mol. The van der Waals surface area contributed by atoms with Crippen LogP contribution in [-0.2, 0) is 26.6 Å². The van der Waals surface area contributed by atoms with Gasteiger partial charge in [0.2, 0.25) is 0 Å². The molecule has 0 rings (SSSR count). The molecule has 9 heteroatoms. The van der Waals surface area contributed by atoms with E-state index in [2.05, 4.69) is 6.92 Å². The zero-order valence-electron chi connectivity index (χ0n) is 17.9. The monoisotopic (exact) mass is 411 g/mol. The molecule has 158 valence electrons. The predicted octanol–water partition coefficient (Wildman–Crippen LogP) is 3.19. The lowest BCUT2D eigenvalue weighted by atomic mass is 10.0. The average Bonchev–Trinajstić information content (AvgIpc) is 2.56. The molecule has 7 nitrogen and oxygen atoms in total. The molecule has 0 aliphatic heterocycles. The third-order valence-electron chi connectivity index (χ3n) is 4.03. The van der Waals surface area contributed by atoms with Gasteiger partial charge < -0.3 is 32.3 Å². The molecule has 0 aliphatic rings. The standard InChI is InChI=1S/C17H41NO6Si2/c1-8-17(18,15-25(19-9-2,20-10-3)21-11-4)16-26(22-12-5,23-13-6)24-14-7/h8-16,18H2,1-7H3. The van der Waals surface area contributed by atoms with Crippen LogP contribution < -0.4 is 5.73 Å². The van der Waals surface area contributed by atoms with E-state index in [1.807, 2.05) is 41.5 Å². The molecule has 0 heterocycles. The highest BCUT2D eigenvalue weighted by molar-refractivity contribution is 6.63. The molecule has 0 aromatic carbocycles. The van der Waals surface area contributed by atoms with Crippen LogP contribution in [0.15, 0.2) is 0 Å². The summed E-state index contributed by atoms with van der Waals surface area (Å²) in [6.07, 6.45) is 0.719. The van der Waals surface area contributed by atoms with E-state index in [4.69, 9.17) is 32.3 Å². The third kappa shape index (κ3) is 8.45. The van der Waals surface area contributed by atoms with Crippen LogP contribution in [0, 0.1) is 0 Å². The van der Waals surface area contributed by atoms with Crippen molar-refractivity contribution in [3.8, 4) is 0 Å². The molecule has 0 saturated carbocycles. The van der Waals surface area contributed by atoms with Gasteiger partial charge in [-0.05, 0) is 48.0 Å². The highest BCUT2D eigenvalue weighted by Crippen LogP contribution is 2.33. The molecule has 2 N–H and O–H groups in total. The maximum absolute atomic E-state index is 6.84. The van der Waals surface area contributed by atoms with Gasteiger partial charge in [-0.15, -0.1) is 0 Å². The first-order valence-electron chi connectivity index (χ1n) is 9.96. The van der Waals surface area contributed by atoms with Crippen molar-refractivity contribution in [3.05, 3.63) is 0 Å². The highest BCUT2D eigenvalue weighted by Gasteiger charge is 2.53. The van der Waals surface area contributed by atoms with Gasteiger partial charge in [0.15, 0.2) is 0 Å². The van der Waals surface area contributed by atoms with Gasteiger partial charge in [-0.1, -0.05) is 6.92 Å². The number of nitrogens with two attached hydrogens (primary N) is 1. The molecule has 0 amide bonds. The van der Waals surface area contributed by atoms with Gasteiger partial charge >= 0.3 is 17.6 Å². The molecule has 0 saturated heterocycles. The first-order valence-corrected chi connectivity index (χ1v) is 13.8. The molecular weight excluding hydrogens is 370 g/mol. The van der Waals surface area contributed by atoms with Crippen LogP contribution in [0.3, 0.4) is 0 Å². The Hall–Kier alpha value is 0.154. The Morgan fingerprint density at radius 3 is 0.923 bits per heavy atom. The van der Waals surface area contributed by atoms with Gasteiger partial charge in [-0.3, -0.25) is 0 Å². The highest BCUT2D eigenvalue weighted by atomic mass is 28.4. The first kappa shape index (κ1) is 26.2. The van der Waals surface area contributed by atoms with Crippen molar-refractivity contribution in [3.63, 3.8) is 0 Å². The molecule has 0 unspecified atom stereocenters. The second kappa shape index (κ2) is 13.4. The Morgan fingerprint density at radius 2 is 0.769 bits per heavy atom. The molecule has 0 radical (unpaired) electrons. The van der Waals surface area contributed by atoms with Crippen molar-refractivity contribution in [2.75, 3.05) is 39.6 Å². The molecule has 0 bridgehead atoms. The maximum atomic E-state index is 6.84. The quantitative estimate of drug-likeness (QED) is 0.368. The summed E-state index contributed by atoms with van der Waals surface area (Å²) in [6, 6.07) is 1.02. The maximum Gasteiger partial charge on any atom is 0.502 e. The summed E-state index contributed by atoms with van der Waals surface area (Å²) in [6.45, 7) is 16.9. The Bertz CT molecular complexity index is 300.